The number of urea groups is 1. The monoisotopic (exact) mass is 424 g/mol. The molecule has 0 aliphatic carbocycles. The fourth-order valence-corrected chi connectivity index (χ4v) is 3.59. The van der Waals surface area contributed by atoms with E-state index in [2.05, 4.69) is 30.8 Å². The van der Waals surface area contributed by atoms with Gasteiger partial charge in [0.05, 0.1) is 7.11 Å². The van der Waals surface area contributed by atoms with Crippen molar-refractivity contribution in [2.75, 3.05) is 51.7 Å². The number of aromatic amines is 1. The average molecular weight is 425 g/mol. The molecule has 1 fully saturated rings. The fourth-order valence-electron chi connectivity index (χ4n) is 3.59. The Hall–Kier alpha value is -3.10. The van der Waals surface area contributed by atoms with Crippen molar-refractivity contribution in [3.05, 3.63) is 42.6 Å². The Labute approximate surface area is 183 Å². The first-order valence-corrected chi connectivity index (χ1v) is 10.8. The number of benzene rings is 1. The molecule has 0 radical (unpaired) electrons. The summed E-state index contributed by atoms with van der Waals surface area (Å²) in [6.45, 7) is 9.49. The smallest absolute Gasteiger partial charge is 0.320 e. The zero-order chi connectivity index (χ0) is 22.1. The number of H-pyrrole nitrogens is 1. The van der Waals surface area contributed by atoms with E-state index >= 15 is 0 Å². The number of pyridine rings is 1. The fraction of sp³-hybridized carbons (Fsp3) is 0.391. The molecule has 0 saturated carbocycles. The minimum atomic E-state index is -0.247. The quantitative estimate of drug-likeness (QED) is 0.487. The number of para-hydroxylation sites is 1. The minimum absolute atomic E-state index is 0.247. The van der Waals surface area contributed by atoms with E-state index in [0.717, 1.165) is 55.0 Å². The van der Waals surface area contributed by atoms with E-state index in [0.29, 0.717) is 18.0 Å². The van der Waals surface area contributed by atoms with Gasteiger partial charge in [0.15, 0.2) is 0 Å². The molecule has 2 amide bonds. The molecule has 1 aliphatic rings. The second-order valence-corrected chi connectivity index (χ2v) is 6.97. The van der Waals surface area contributed by atoms with E-state index in [9.17, 15) is 4.79 Å². The SMILES string of the molecule is CC.COc1ccccc1-c1c[nH]c2nc(NC(=O)NCCN3CCNCC3)ccc12. The second-order valence-electron chi connectivity index (χ2n) is 6.97. The summed E-state index contributed by atoms with van der Waals surface area (Å²) in [5.74, 6) is 1.31. The van der Waals surface area contributed by atoms with Gasteiger partial charge in [-0.3, -0.25) is 10.2 Å². The Morgan fingerprint density at radius 2 is 1.90 bits per heavy atom. The molecule has 0 atom stereocenters. The topological polar surface area (TPSA) is 94.3 Å². The molecule has 3 heterocycles. The van der Waals surface area contributed by atoms with Gasteiger partial charge in [-0.15, -0.1) is 0 Å². The number of nitrogens with zero attached hydrogens (tertiary/aromatic N) is 2. The maximum atomic E-state index is 12.2. The van der Waals surface area contributed by atoms with Crippen molar-refractivity contribution in [2.24, 2.45) is 0 Å². The van der Waals surface area contributed by atoms with Crippen molar-refractivity contribution in [1.29, 1.82) is 0 Å². The number of fused-ring (bicyclic) bond motifs is 1. The summed E-state index contributed by atoms with van der Waals surface area (Å²) >= 11 is 0. The van der Waals surface area contributed by atoms with Gasteiger partial charge < -0.3 is 20.4 Å². The standard InChI is InChI=1S/C21H26N6O2.C2H6/c1-29-18-5-3-2-4-15(18)17-14-24-20-16(17)6-7-19(25-20)26-21(28)23-10-13-27-11-8-22-9-12-27;1-2/h2-7,14,22H,8-13H2,1H3,(H3,23,24,25,26,28);1-2H3. The summed E-state index contributed by atoms with van der Waals surface area (Å²) < 4.78 is 5.47. The lowest BCUT2D eigenvalue weighted by molar-refractivity contribution is 0.233. The molecule has 8 heteroatoms. The van der Waals surface area contributed by atoms with E-state index in [1.807, 2.05) is 56.4 Å². The number of aromatic nitrogens is 2. The third-order valence-corrected chi connectivity index (χ3v) is 5.10. The van der Waals surface area contributed by atoms with Gasteiger partial charge >= 0.3 is 6.03 Å². The molecule has 166 valence electrons. The molecule has 1 saturated heterocycles. The zero-order valence-corrected chi connectivity index (χ0v) is 18.5. The highest BCUT2D eigenvalue weighted by Crippen LogP contribution is 2.34. The molecule has 31 heavy (non-hydrogen) atoms. The maximum absolute atomic E-state index is 12.2. The Morgan fingerprint density at radius 1 is 1.13 bits per heavy atom. The molecule has 0 bridgehead atoms. The van der Waals surface area contributed by atoms with E-state index in [1.165, 1.54) is 0 Å². The van der Waals surface area contributed by atoms with Crippen LogP contribution in [0.4, 0.5) is 10.6 Å². The Bertz CT molecular complexity index is 981. The first-order valence-electron chi connectivity index (χ1n) is 10.8. The van der Waals surface area contributed by atoms with Gasteiger partial charge in [-0.2, -0.15) is 0 Å². The predicted octanol–water partition coefficient (Wildman–Crippen LogP) is 3.29. The summed E-state index contributed by atoms with van der Waals surface area (Å²) in [7, 11) is 1.66. The highest BCUT2D eigenvalue weighted by molar-refractivity contribution is 5.97. The molecule has 4 rings (SSSR count). The van der Waals surface area contributed by atoms with Crippen molar-refractivity contribution in [3.8, 4) is 16.9 Å². The summed E-state index contributed by atoms with van der Waals surface area (Å²) in [5, 5.41) is 9.99. The van der Waals surface area contributed by atoms with Crippen LogP contribution in [-0.2, 0) is 0 Å². The van der Waals surface area contributed by atoms with E-state index in [1.54, 1.807) is 7.11 Å². The minimum Gasteiger partial charge on any atom is -0.496 e. The molecule has 0 spiro atoms. The van der Waals surface area contributed by atoms with Crippen LogP contribution in [0.25, 0.3) is 22.2 Å². The lowest BCUT2D eigenvalue weighted by Gasteiger charge is -2.27. The summed E-state index contributed by atoms with van der Waals surface area (Å²) in [5.41, 5.74) is 2.72. The van der Waals surface area contributed by atoms with Gasteiger partial charge in [-0.05, 0) is 18.2 Å². The van der Waals surface area contributed by atoms with Crippen molar-refractivity contribution >= 4 is 22.9 Å². The number of methoxy groups -OCH3 is 1. The highest BCUT2D eigenvalue weighted by Gasteiger charge is 2.13. The molecular weight excluding hydrogens is 392 g/mol. The molecular formula is C23H32N6O2. The van der Waals surface area contributed by atoms with Gasteiger partial charge in [0.1, 0.15) is 17.2 Å². The second kappa shape index (κ2) is 11.3. The van der Waals surface area contributed by atoms with Crippen LogP contribution in [0.3, 0.4) is 0 Å². The van der Waals surface area contributed by atoms with Crippen molar-refractivity contribution < 1.29 is 9.53 Å². The van der Waals surface area contributed by atoms with Gasteiger partial charge in [0.25, 0.3) is 0 Å². The van der Waals surface area contributed by atoms with Crippen molar-refractivity contribution in [1.82, 2.24) is 25.5 Å². The molecule has 0 unspecified atom stereocenters. The molecule has 4 N–H and O–H groups in total. The van der Waals surface area contributed by atoms with Crippen molar-refractivity contribution in [2.45, 2.75) is 13.8 Å². The summed E-state index contributed by atoms with van der Waals surface area (Å²) in [6, 6.07) is 11.4. The number of anilines is 1. The summed E-state index contributed by atoms with van der Waals surface area (Å²) in [4.78, 5) is 22.2. The number of nitrogens with one attached hydrogen (secondary N) is 4. The first-order chi connectivity index (χ1) is 15.2. The third-order valence-electron chi connectivity index (χ3n) is 5.10. The van der Waals surface area contributed by atoms with Crippen LogP contribution in [0.5, 0.6) is 5.75 Å². The number of piperazine rings is 1. The number of carbonyl (C=O) groups is 1. The van der Waals surface area contributed by atoms with Gasteiger partial charge in [-0.1, -0.05) is 32.0 Å². The number of hydrogen-bond donors (Lipinski definition) is 4. The predicted molar refractivity (Wildman–Crippen MR) is 126 cm³/mol. The van der Waals surface area contributed by atoms with Gasteiger partial charge in [-0.25, -0.2) is 9.78 Å². The molecule has 8 nitrogen and oxygen atoms in total. The zero-order valence-electron chi connectivity index (χ0n) is 18.5. The van der Waals surface area contributed by atoms with E-state index in [-0.39, 0.29) is 6.03 Å². The number of rotatable bonds is 6. The Balaban J connectivity index is 0.00000132. The maximum Gasteiger partial charge on any atom is 0.320 e. The Kier molecular flexibility index (Phi) is 8.26. The number of ether oxygens (including phenoxy) is 1. The van der Waals surface area contributed by atoms with Crippen LogP contribution in [0, 0.1) is 0 Å². The number of hydrogen-bond acceptors (Lipinski definition) is 5. The van der Waals surface area contributed by atoms with Crippen LogP contribution in [0.15, 0.2) is 42.6 Å². The highest BCUT2D eigenvalue weighted by atomic mass is 16.5. The third kappa shape index (κ3) is 5.74. The van der Waals surface area contributed by atoms with Gasteiger partial charge in [0.2, 0.25) is 0 Å². The molecule has 1 aromatic carbocycles. The normalized spacial score (nSPS) is 13.9. The Morgan fingerprint density at radius 3 is 2.68 bits per heavy atom. The van der Waals surface area contributed by atoms with E-state index < -0.39 is 0 Å². The summed E-state index contributed by atoms with van der Waals surface area (Å²) in [6.07, 6.45) is 1.91. The van der Waals surface area contributed by atoms with E-state index in [4.69, 9.17) is 4.74 Å². The largest absolute Gasteiger partial charge is 0.496 e. The molecule has 1 aliphatic heterocycles. The molecule has 2 aromatic heterocycles. The lowest BCUT2D eigenvalue weighted by atomic mass is 10.0. The average Bonchev–Trinajstić information content (AvgIpc) is 3.24. The van der Waals surface area contributed by atoms with Crippen molar-refractivity contribution in [3.63, 3.8) is 0 Å². The number of carbonyl (C=O) groups excluding carboxylic acids is 1. The lowest BCUT2D eigenvalue weighted by Crippen LogP contribution is -2.46. The van der Waals surface area contributed by atoms with Crippen LogP contribution in [0.2, 0.25) is 0 Å². The molecule has 3 aromatic rings. The first kappa shape index (κ1) is 22.6. The van der Waals surface area contributed by atoms with Crippen LogP contribution >= 0.6 is 0 Å². The van der Waals surface area contributed by atoms with Crippen LogP contribution in [-0.4, -0.2) is 67.3 Å². The number of amides is 2. The van der Waals surface area contributed by atoms with Gasteiger partial charge in [0, 0.05) is 62.0 Å². The van der Waals surface area contributed by atoms with Crippen LogP contribution < -0.4 is 20.7 Å². The van der Waals surface area contributed by atoms with Crippen LogP contribution in [0.1, 0.15) is 13.8 Å².